The van der Waals surface area contributed by atoms with Crippen LogP contribution < -0.4 is 10.6 Å². The Balaban J connectivity index is 0.00000320. The van der Waals surface area contributed by atoms with Gasteiger partial charge in [-0.3, -0.25) is 9.89 Å². The minimum atomic E-state index is -0.0964. The number of nitrogens with zero attached hydrogens (tertiary/aromatic N) is 2. The molecule has 0 aromatic heterocycles. The summed E-state index contributed by atoms with van der Waals surface area (Å²) in [5.41, 5.74) is 1.18. The van der Waals surface area contributed by atoms with Gasteiger partial charge in [-0.25, -0.2) is 4.39 Å². The summed E-state index contributed by atoms with van der Waals surface area (Å²) in [4.78, 5) is 6.77. The van der Waals surface area contributed by atoms with E-state index in [1.54, 1.807) is 19.2 Å². The molecule has 0 bridgehead atoms. The van der Waals surface area contributed by atoms with Gasteiger partial charge in [-0.1, -0.05) is 24.6 Å². The lowest BCUT2D eigenvalue weighted by Gasteiger charge is -2.42. The van der Waals surface area contributed by atoms with Crippen LogP contribution >= 0.6 is 24.0 Å². The zero-order chi connectivity index (χ0) is 20.5. The van der Waals surface area contributed by atoms with Crippen LogP contribution in [0.15, 0.2) is 29.3 Å². The lowest BCUT2D eigenvalue weighted by atomic mass is 9.67. The maximum atomic E-state index is 13.9. The van der Waals surface area contributed by atoms with Gasteiger partial charge >= 0.3 is 0 Å². The monoisotopic (exact) mass is 532 g/mol. The fourth-order valence-electron chi connectivity index (χ4n) is 4.46. The zero-order valence-corrected chi connectivity index (χ0v) is 20.8. The van der Waals surface area contributed by atoms with Crippen molar-refractivity contribution < 1.29 is 9.13 Å². The van der Waals surface area contributed by atoms with Gasteiger partial charge in [0.25, 0.3) is 0 Å². The Bertz CT molecular complexity index is 660. The van der Waals surface area contributed by atoms with Crippen molar-refractivity contribution >= 4 is 29.9 Å². The third-order valence-corrected chi connectivity index (χ3v) is 6.72. The second kappa shape index (κ2) is 12.8. The van der Waals surface area contributed by atoms with Crippen molar-refractivity contribution in [2.45, 2.75) is 45.1 Å². The normalized spacial score (nSPS) is 19.6. The van der Waals surface area contributed by atoms with Gasteiger partial charge in [-0.2, -0.15) is 0 Å². The highest BCUT2D eigenvalue weighted by atomic mass is 127. The number of guanidine groups is 1. The maximum absolute atomic E-state index is 13.9. The van der Waals surface area contributed by atoms with Crippen molar-refractivity contribution in [3.05, 3.63) is 35.6 Å². The molecule has 0 atom stereocenters. The number of piperidine rings is 1. The van der Waals surface area contributed by atoms with Crippen molar-refractivity contribution in [2.24, 2.45) is 16.3 Å². The summed E-state index contributed by atoms with van der Waals surface area (Å²) in [5, 5.41) is 7.06. The topological polar surface area (TPSA) is 48.9 Å². The molecule has 1 heterocycles. The summed E-state index contributed by atoms with van der Waals surface area (Å²) in [7, 11) is 3.62. The minimum absolute atomic E-state index is 0. The molecule has 0 unspecified atom stereocenters. The molecule has 1 saturated carbocycles. The van der Waals surface area contributed by atoms with E-state index in [2.05, 4.69) is 20.5 Å². The Morgan fingerprint density at radius 2 is 1.97 bits per heavy atom. The molecule has 5 nitrogen and oxygen atoms in total. The van der Waals surface area contributed by atoms with Gasteiger partial charge in [-0.05, 0) is 62.6 Å². The van der Waals surface area contributed by atoms with E-state index in [-0.39, 0.29) is 29.8 Å². The van der Waals surface area contributed by atoms with Gasteiger partial charge in [0.2, 0.25) is 0 Å². The van der Waals surface area contributed by atoms with Crippen molar-refractivity contribution in [1.82, 2.24) is 15.5 Å². The highest BCUT2D eigenvalue weighted by Crippen LogP contribution is 2.43. The molecule has 1 aromatic rings. The van der Waals surface area contributed by atoms with E-state index in [0.717, 1.165) is 63.6 Å². The number of rotatable bonds is 9. The smallest absolute Gasteiger partial charge is 0.191 e. The fourth-order valence-corrected chi connectivity index (χ4v) is 4.46. The van der Waals surface area contributed by atoms with Crippen LogP contribution in [0.4, 0.5) is 4.39 Å². The van der Waals surface area contributed by atoms with E-state index in [9.17, 15) is 4.39 Å². The van der Waals surface area contributed by atoms with Gasteiger partial charge in [0.15, 0.2) is 5.96 Å². The predicted molar refractivity (Wildman–Crippen MR) is 132 cm³/mol. The molecule has 2 aliphatic rings. The second-order valence-corrected chi connectivity index (χ2v) is 8.71. The van der Waals surface area contributed by atoms with Crippen LogP contribution in [0.5, 0.6) is 0 Å². The third-order valence-electron chi connectivity index (χ3n) is 6.72. The van der Waals surface area contributed by atoms with E-state index in [1.165, 1.54) is 19.3 Å². The fraction of sp³-hybridized carbons (Fsp3) is 0.696. The van der Waals surface area contributed by atoms with Crippen LogP contribution in [0.1, 0.15) is 44.1 Å². The summed E-state index contributed by atoms with van der Waals surface area (Å²) >= 11 is 0. The lowest BCUT2D eigenvalue weighted by molar-refractivity contribution is 0.0732. The predicted octanol–water partition coefficient (Wildman–Crippen LogP) is 4.03. The molecule has 7 heteroatoms. The molecule has 2 N–H and O–H groups in total. The summed E-state index contributed by atoms with van der Waals surface area (Å²) in [5.74, 6) is 1.44. The van der Waals surface area contributed by atoms with Gasteiger partial charge in [0, 0.05) is 46.0 Å². The molecule has 0 spiro atoms. The molecule has 0 radical (unpaired) electrons. The number of likely N-dealkylation sites (tertiary alicyclic amines) is 1. The van der Waals surface area contributed by atoms with Crippen LogP contribution in [0, 0.1) is 17.2 Å². The van der Waals surface area contributed by atoms with Crippen LogP contribution in [-0.4, -0.2) is 57.8 Å². The SMILES string of the molecule is CN=C(NCC1CCN(Cc2ccccc2F)CC1)NCC1(CCOC)CCC1.I. The molecule has 1 aromatic carbocycles. The molecule has 30 heavy (non-hydrogen) atoms. The highest BCUT2D eigenvalue weighted by molar-refractivity contribution is 14.0. The number of halogens is 2. The van der Waals surface area contributed by atoms with Crippen LogP contribution in [-0.2, 0) is 11.3 Å². The van der Waals surface area contributed by atoms with Crippen molar-refractivity contribution in [1.29, 1.82) is 0 Å². The number of methoxy groups -OCH3 is 1. The molecular formula is C23H38FIN4O. The van der Waals surface area contributed by atoms with Gasteiger partial charge in [-0.15, -0.1) is 24.0 Å². The maximum Gasteiger partial charge on any atom is 0.191 e. The summed E-state index contributed by atoms with van der Waals surface area (Å²) in [6, 6.07) is 7.10. The Morgan fingerprint density at radius 1 is 1.23 bits per heavy atom. The summed E-state index contributed by atoms with van der Waals surface area (Å²) < 4.78 is 19.1. The van der Waals surface area contributed by atoms with Gasteiger partial charge in [0.1, 0.15) is 5.82 Å². The van der Waals surface area contributed by atoms with Crippen LogP contribution in [0.2, 0.25) is 0 Å². The number of hydrogen-bond acceptors (Lipinski definition) is 3. The molecular weight excluding hydrogens is 494 g/mol. The Labute approximate surface area is 198 Å². The first-order valence-electron chi connectivity index (χ1n) is 11.0. The summed E-state index contributed by atoms with van der Waals surface area (Å²) in [6.45, 7) is 5.49. The van der Waals surface area contributed by atoms with Crippen LogP contribution in [0.25, 0.3) is 0 Å². The molecule has 0 amide bonds. The van der Waals surface area contributed by atoms with E-state index < -0.39 is 0 Å². The minimum Gasteiger partial charge on any atom is -0.385 e. The Kier molecular flexibility index (Phi) is 10.8. The van der Waals surface area contributed by atoms with Crippen molar-refractivity contribution in [2.75, 3.05) is 46.9 Å². The lowest BCUT2D eigenvalue weighted by Crippen LogP contribution is -2.48. The van der Waals surface area contributed by atoms with E-state index in [0.29, 0.717) is 17.9 Å². The molecule has 170 valence electrons. The second-order valence-electron chi connectivity index (χ2n) is 8.71. The number of ether oxygens (including phenoxy) is 1. The highest BCUT2D eigenvalue weighted by Gasteiger charge is 2.36. The van der Waals surface area contributed by atoms with Crippen molar-refractivity contribution in [3.63, 3.8) is 0 Å². The Morgan fingerprint density at radius 3 is 2.57 bits per heavy atom. The first-order valence-corrected chi connectivity index (χ1v) is 11.0. The number of benzene rings is 1. The zero-order valence-electron chi connectivity index (χ0n) is 18.5. The van der Waals surface area contributed by atoms with Gasteiger partial charge in [0.05, 0.1) is 0 Å². The number of aliphatic imine (C=N–C) groups is 1. The van der Waals surface area contributed by atoms with Crippen molar-refractivity contribution in [3.8, 4) is 0 Å². The molecule has 1 aliphatic carbocycles. The van der Waals surface area contributed by atoms with E-state index in [4.69, 9.17) is 4.74 Å². The molecule has 1 aliphatic heterocycles. The average molecular weight is 532 g/mol. The first kappa shape index (κ1) is 25.3. The number of hydrogen-bond donors (Lipinski definition) is 2. The third kappa shape index (κ3) is 7.34. The Hall–Kier alpha value is -0.930. The van der Waals surface area contributed by atoms with Gasteiger partial charge < -0.3 is 15.4 Å². The van der Waals surface area contributed by atoms with Crippen LogP contribution in [0.3, 0.4) is 0 Å². The molecule has 3 rings (SSSR count). The number of nitrogens with one attached hydrogen (secondary N) is 2. The standard InChI is InChI=1S/C23H37FN4O.HI/c1-25-22(27-18-23(10-5-11-23)12-15-29-2)26-16-19-8-13-28(14-9-19)17-20-6-3-4-7-21(20)24;/h3-4,6-7,19H,5,8-18H2,1-2H3,(H2,25,26,27);1H. The first-order chi connectivity index (χ1) is 14.1. The summed E-state index contributed by atoms with van der Waals surface area (Å²) in [6.07, 6.45) is 7.27. The quantitative estimate of drug-likeness (QED) is 0.287. The largest absolute Gasteiger partial charge is 0.385 e. The molecule has 1 saturated heterocycles. The average Bonchev–Trinajstić information content (AvgIpc) is 2.72. The molecule has 2 fully saturated rings. The van der Waals surface area contributed by atoms with E-state index >= 15 is 0 Å². The van der Waals surface area contributed by atoms with E-state index in [1.807, 2.05) is 19.2 Å².